The lowest BCUT2D eigenvalue weighted by atomic mass is 9.76. The molecule has 1 aliphatic carbocycles. The summed E-state index contributed by atoms with van der Waals surface area (Å²) < 4.78 is -0.128. The van der Waals surface area contributed by atoms with Crippen LogP contribution in [0.2, 0.25) is 0 Å². The van der Waals surface area contributed by atoms with Crippen molar-refractivity contribution in [3.05, 3.63) is 0 Å². The Labute approximate surface area is 80.3 Å². The summed E-state index contributed by atoms with van der Waals surface area (Å²) in [5.41, 5.74) is 0. The van der Waals surface area contributed by atoms with Crippen LogP contribution in [0, 0.1) is 11.8 Å². The van der Waals surface area contributed by atoms with E-state index in [1.54, 1.807) is 0 Å². The van der Waals surface area contributed by atoms with E-state index in [0.29, 0.717) is 11.7 Å². The summed E-state index contributed by atoms with van der Waals surface area (Å²) in [6, 6.07) is 0. The van der Waals surface area contributed by atoms with Crippen molar-refractivity contribution in [3.8, 4) is 0 Å². The monoisotopic (exact) mass is 186 g/mol. The van der Waals surface area contributed by atoms with Crippen LogP contribution < -0.4 is 0 Å². The van der Waals surface area contributed by atoms with Crippen LogP contribution in [0.5, 0.6) is 0 Å². The lowest BCUT2D eigenvalue weighted by Gasteiger charge is -2.33. The average molecular weight is 186 g/mol. The number of carbonyl (C=O) groups excluding carboxylic acids is 1. The largest absolute Gasteiger partial charge is 0.299 e. The molecule has 2 atom stereocenters. The Hall–Kier alpha value is 0.0200. The van der Waals surface area contributed by atoms with E-state index in [-0.39, 0.29) is 10.7 Å². The third-order valence-electron chi connectivity index (χ3n) is 2.74. The summed E-state index contributed by atoms with van der Waals surface area (Å²) in [4.78, 5) is 11.6. The second-order valence-corrected chi connectivity index (χ2v) is 5.71. The van der Waals surface area contributed by atoms with Crippen molar-refractivity contribution in [2.45, 2.75) is 44.8 Å². The Kier molecular flexibility index (Phi) is 2.87. The van der Waals surface area contributed by atoms with Crippen molar-refractivity contribution >= 4 is 18.4 Å². The molecular formula is C10H18OS. The summed E-state index contributed by atoms with van der Waals surface area (Å²) in [5.74, 6) is 1.18. The van der Waals surface area contributed by atoms with Crippen LogP contribution in [0.4, 0.5) is 0 Å². The fraction of sp³-hybridized carbons (Fsp3) is 0.900. The maximum Gasteiger partial charge on any atom is 0.137 e. The predicted molar refractivity (Wildman–Crippen MR) is 54.6 cm³/mol. The van der Waals surface area contributed by atoms with Crippen LogP contribution in [-0.2, 0) is 4.79 Å². The van der Waals surface area contributed by atoms with E-state index in [4.69, 9.17) is 0 Å². The first-order valence-corrected chi connectivity index (χ1v) is 5.11. The molecule has 0 aromatic heterocycles. The molecule has 0 heterocycles. The number of Topliss-reactive ketones (excluding diaryl/α,β-unsaturated/α-hetero) is 1. The molecule has 0 aromatic carbocycles. The summed E-state index contributed by atoms with van der Waals surface area (Å²) in [6.45, 7) is 6.23. The highest BCUT2D eigenvalue weighted by molar-refractivity contribution is 7.81. The van der Waals surface area contributed by atoms with Crippen molar-refractivity contribution in [3.63, 3.8) is 0 Å². The van der Waals surface area contributed by atoms with E-state index in [0.717, 1.165) is 12.8 Å². The number of thiol groups is 1. The Morgan fingerprint density at radius 3 is 2.42 bits per heavy atom. The minimum Gasteiger partial charge on any atom is -0.299 e. The normalized spacial score (nSPS) is 32.2. The van der Waals surface area contributed by atoms with Crippen molar-refractivity contribution in [1.29, 1.82) is 0 Å². The zero-order valence-electron chi connectivity index (χ0n) is 8.13. The number of hydrogen-bond donors (Lipinski definition) is 1. The first-order valence-electron chi connectivity index (χ1n) is 4.66. The molecule has 1 fully saturated rings. The van der Waals surface area contributed by atoms with Gasteiger partial charge in [0.25, 0.3) is 0 Å². The van der Waals surface area contributed by atoms with Gasteiger partial charge in [-0.15, -0.1) is 0 Å². The molecule has 1 rings (SSSR count). The van der Waals surface area contributed by atoms with Gasteiger partial charge in [-0.1, -0.05) is 20.8 Å². The standard InChI is InChI=1S/C10H18OS/c1-7-4-5-8(9(11)6-7)10(2,3)12/h7-8,12H,4-6H2,1-3H3/t7-,8-/m0/s1. The van der Waals surface area contributed by atoms with E-state index in [1.165, 1.54) is 6.42 Å². The van der Waals surface area contributed by atoms with E-state index >= 15 is 0 Å². The maximum absolute atomic E-state index is 11.6. The van der Waals surface area contributed by atoms with E-state index in [1.807, 2.05) is 13.8 Å². The molecule has 0 N–H and O–H groups in total. The van der Waals surface area contributed by atoms with Crippen LogP contribution in [0.25, 0.3) is 0 Å². The van der Waals surface area contributed by atoms with E-state index < -0.39 is 0 Å². The number of rotatable bonds is 1. The summed E-state index contributed by atoms with van der Waals surface area (Å²) in [5, 5.41) is 0. The van der Waals surface area contributed by atoms with E-state index in [9.17, 15) is 4.79 Å². The second-order valence-electron chi connectivity index (χ2n) is 4.56. The average Bonchev–Trinajstić information content (AvgIpc) is 1.83. The van der Waals surface area contributed by atoms with Crippen LogP contribution in [0.15, 0.2) is 0 Å². The van der Waals surface area contributed by atoms with Gasteiger partial charge in [0.05, 0.1) is 0 Å². The Morgan fingerprint density at radius 2 is 2.00 bits per heavy atom. The van der Waals surface area contributed by atoms with Gasteiger partial charge in [-0.2, -0.15) is 12.6 Å². The molecule has 0 unspecified atom stereocenters. The Morgan fingerprint density at radius 1 is 1.42 bits per heavy atom. The quantitative estimate of drug-likeness (QED) is 0.623. The van der Waals surface area contributed by atoms with Crippen LogP contribution >= 0.6 is 12.6 Å². The topological polar surface area (TPSA) is 17.1 Å². The van der Waals surface area contributed by atoms with Gasteiger partial charge >= 0.3 is 0 Å². The van der Waals surface area contributed by atoms with Gasteiger partial charge in [0.15, 0.2) is 0 Å². The maximum atomic E-state index is 11.6. The van der Waals surface area contributed by atoms with Gasteiger partial charge in [-0.3, -0.25) is 4.79 Å². The SMILES string of the molecule is C[C@H]1CC[C@H](C(C)(C)S)C(=O)C1. The van der Waals surface area contributed by atoms with Crippen LogP contribution in [-0.4, -0.2) is 10.5 Å². The molecular weight excluding hydrogens is 168 g/mol. The van der Waals surface area contributed by atoms with Gasteiger partial charge in [-0.05, 0) is 18.8 Å². The molecule has 1 saturated carbocycles. The van der Waals surface area contributed by atoms with Crippen molar-refractivity contribution in [1.82, 2.24) is 0 Å². The highest BCUT2D eigenvalue weighted by Crippen LogP contribution is 2.35. The van der Waals surface area contributed by atoms with Crippen molar-refractivity contribution in [2.75, 3.05) is 0 Å². The zero-order valence-corrected chi connectivity index (χ0v) is 9.03. The van der Waals surface area contributed by atoms with Gasteiger partial charge in [0.2, 0.25) is 0 Å². The molecule has 0 amide bonds. The molecule has 0 bridgehead atoms. The lowest BCUT2D eigenvalue weighted by molar-refractivity contribution is -0.126. The Balaban J connectivity index is 2.63. The molecule has 70 valence electrons. The minimum absolute atomic E-state index is 0.128. The van der Waals surface area contributed by atoms with Crippen LogP contribution in [0.1, 0.15) is 40.0 Å². The lowest BCUT2D eigenvalue weighted by Crippen LogP contribution is -2.36. The molecule has 2 heteroatoms. The fourth-order valence-electron chi connectivity index (χ4n) is 1.95. The summed E-state index contributed by atoms with van der Waals surface area (Å²) in [7, 11) is 0. The zero-order chi connectivity index (χ0) is 9.35. The smallest absolute Gasteiger partial charge is 0.137 e. The van der Waals surface area contributed by atoms with Crippen molar-refractivity contribution in [2.24, 2.45) is 11.8 Å². The van der Waals surface area contributed by atoms with E-state index in [2.05, 4.69) is 19.6 Å². The molecule has 0 radical (unpaired) electrons. The molecule has 0 aliphatic heterocycles. The highest BCUT2D eigenvalue weighted by atomic mass is 32.1. The molecule has 1 nitrogen and oxygen atoms in total. The summed E-state index contributed by atoms with van der Waals surface area (Å²) >= 11 is 4.47. The Bertz CT molecular complexity index is 181. The first kappa shape index (κ1) is 10.1. The highest BCUT2D eigenvalue weighted by Gasteiger charge is 2.35. The third-order valence-corrected chi connectivity index (χ3v) is 3.05. The minimum atomic E-state index is -0.128. The number of hydrogen-bond acceptors (Lipinski definition) is 2. The van der Waals surface area contributed by atoms with Crippen LogP contribution in [0.3, 0.4) is 0 Å². The number of carbonyl (C=O) groups is 1. The second kappa shape index (κ2) is 3.41. The third kappa shape index (κ3) is 2.25. The molecule has 0 spiro atoms. The first-order chi connectivity index (χ1) is 5.41. The molecule has 1 aliphatic rings. The van der Waals surface area contributed by atoms with Gasteiger partial charge in [0, 0.05) is 17.1 Å². The van der Waals surface area contributed by atoms with Gasteiger partial charge in [0.1, 0.15) is 5.78 Å². The fourth-order valence-corrected chi connectivity index (χ4v) is 2.22. The molecule has 0 aromatic rings. The number of ketones is 1. The van der Waals surface area contributed by atoms with Crippen molar-refractivity contribution < 1.29 is 4.79 Å². The summed E-state index contributed by atoms with van der Waals surface area (Å²) in [6.07, 6.45) is 2.96. The molecule has 12 heavy (non-hydrogen) atoms. The molecule has 0 saturated heterocycles. The van der Waals surface area contributed by atoms with Gasteiger partial charge < -0.3 is 0 Å². The predicted octanol–water partition coefficient (Wildman–Crippen LogP) is 2.70. The van der Waals surface area contributed by atoms with Gasteiger partial charge in [-0.25, -0.2) is 0 Å².